The molecule has 0 radical (unpaired) electrons. The normalized spacial score (nSPS) is 13.9. The van der Waals surface area contributed by atoms with Gasteiger partial charge in [0.25, 0.3) is 0 Å². The summed E-state index contributed by atoms with van der Waals surface area (Å²) in [5.74, 6) is -0.361. The van der Waals surface area contributed by atoms with E-state index in [0.29, 0.717) is 17.0 Å². The quantitative estimate of drug-likeness (QED) is 0.659. The molecular formula is C19H14BrClN2O2. The smallest absolute Gasteiger partial charge is 0.248 e. The topological polar surface area (TPSA) is 65.1 Å². The van der Waals surface area contributed by atoms with Gasteiger partial charge in [-0.3, -0.25) is 9.59 Å². The number of benzene rings is 2. The van der Waals surface area contributed by atoms with Crippen LogP contribution in [-0.2, 0) is 6.42 Å². The standard InChI is InChI=1S/C19H14BrClN2O2/c20-11-5-7-14-12(9-11)18-16(2-1-3-17(18)24)23(14)15-6-4-10(19(22)25)8-13(15)21/h4-9H,1-3H2,(H2,22,25). The first-order valence-corrected chi connectivity index (χ1v) is 9.10. The third-order valence-electron chi connectivity index (χ3n) is 4.60. The van der Waals surface area contributed by atoms with Gasteiger partial charge < -0.3 is 10.3 Å². The first-order chi connectivity index (χ1) is 12.0. The molecule has 1 amide bonds. The molecule has 1 aliphatic rings. The van der Waals surface area contributed by atoms with Gasteiger partial charge in [0.2, 0.25) is 5.91 Å². The summed E-state index contributed by atoms with van der Waals surface area (Å²) in [4.78, 5) is 23.9. The van der Waals surface area contributed by atoms with E-state index >= 15 is 0 Å². The largest absolute Gasteiger partial charge is 0.366 e. The van der Waals surface area contributed by atoms with Crippen LogP contribution in [0.3, 0.4) is 0 Å². The zero-order valence-corrected chi connectivity index (χ0v) is 15.5. The van der Waals surface area contributed by atoms with Crippen LogP contribution in [0.25, 0.3) is 16.6 Å². The van der Waals surface area contributed by atoms with Crippen LogP contribution in [0.5, 0.6) is 0 Å². The van der Waals surface area contributed by atoms with Crippen molar-refractivity contribution >= 4 is 50.1 Å². The zero-order valence-electron chi connectivity index (χ0n) is 13.2. The highest BCUT2D eigenvalue weighted by Gasteiger charge is 2.27. The predicted molar refractivity (Wildman–Crippen MR) is 102 cm³/mol. The first kappa shape index (κ1) is 16.4. The molecule has 1 aliphatic carbocycles. The van der Waals surface area contributed by atoms with Gasteiger partial charge in [-0.05, 0) is 49.2 Å². The fourth-order valence-electron chi connectivity index (χ4n) is 3.52. The minimum Gasteiger partial charge on any atom is -0.366 e. The molecule has 0 bridgehead atoms. The number of aromatic nitrogens is 1. The molecule has 0 saturated carbocycles. The lowest BCUT2D eigenvalue weighted by Gasteiger charge is -2.16. The lowest BCUT2D eigenvalue weighted by Crippen LogP contribution is -2.13. The van der Waals surface area contributed by atoms with E-state index in [9.17, 15) is 9.59 Å². The Bertz CT molecular complexity index is 1060. The average molecular weight is 418 g/mol. The van der Waals surface area contributed by atoms with E-state index in [1.807, 2.05) is 22.8 Å². The number of hydrogen-bond acceptors (Lipinski definition) is 2. The Labute approximate surface area is 157 Å². The maximum atomic E-state index is 12.6. The molecule has 2 aromatic carbocycles. The molecule has 0 atom stereocenters. The van der Waals surface area contributed by atoms with Gasteiger partial charge in [-0.2, -0.15) is 0 Å². The Morgan fingerprint density at radius 2 is 1.96 bits per heavy atom. The van der Waals surface area contributed by atoms with Crippen molar-refractivity contribution in [3.05, 3.63) is 62.7 Å². The number of ketones is 1. The number of Topliss-reactive ketones (excluding diaryl/α,β-unsaturated/α-hetero) is 1. The van der Waals surface area contributed by atoms with Crippen molar-refractivity contribution in [2.45, 2.75) is 19.3 Å². The second kappa shape index (κ2) is 6.00. The Morgan fingerprint density at radius 3 is 2.68 bits per heavy atom. The molecule has 4 rings (SSSR count). The van der Waals surface area contributed by atoms with Gasteiger partial charge in [-0.1, -0.05) is 27.5 Å². The highest BCUT2D eigenvalue weighted by Crippen LogP contribution is 2.37. The Hall–Kier alpha value is -2.11. The van der Waals surface area contributed by atoms with Gasteiger partial charge in [-0.25, -0.2) is 0 Å². The molecule has 1 aromatic heterocycles. The van der Waals surface area contributed by atoms with E-state index in [2.05, 4.69) is 15.9 Å². The number of amides is 1. The molecule has 25 heavy (non-hydrogen) atoms. The average Bonchev–Trinajstić information content (AvgIpc) is 2.89. The SMILES string of the molecule is NC(=O)c1ccc(-n2c3c(c4cc(Br)ccc42)C(=O)CCC3)c(Cl)c1. The van der Waals surface area contributed by atoms with E-state index in [1.165, 1.54) is 0 Å². The highest BCUT2D eigenvalue weighted by atomic mass is 79.9. The summed E-state index contributed by atoms with van der Waals surface area (Å²) >= 11 is 9.94. The zero-order chi connectivity index (χ0) is 17.7. The third kappa shape index (κ3) is 2.58. The van der Waals surface area contributed by atoms with Crippen LogP contribution < -0.4 is 5.73 Å². The van der Waals surface area contributed by atoms with Crippen molar-refractivity contribution in [3.63, 3.8) is 0 Å². The molecule has 0 fully saturated rings. The number of rotatable bonds is 2. The monoisotopic (exact) mass is 416 g/mol. The van der Waals surface area contributed by atoms with Crippen LogP contribution in [0.4, 0.5) is 0 Å². The number of primary amides is 1. The van der Waals surface area contributed by atoms with E-state index in [4.69, 9.17) is 17.3 Å². The molecule has 1 heterocycles. The molecule has 0 spiro atoms. The fourth-order valence-corrected chi connectivity index (χ4v) is 4.15. The van der Waals surface area contributed by atoms with Crippen LogP contribution in [0.1, 0.15) is 39.3 Å². The van der Waals surface area contributed by atoms with Crippen LogP contribution in [0.2, 0.25) is 5.02 Å². The van der Waals surface area contributed by atoms with Crippen LogP contribution in [0.15, 0.2) is 40.9 Å². The second-order valence-electron chi connectivity index (χ2n) is 6.13. The number of nitrogens with zero attached hydrogens (tertiary/aromatic N) is 1. The van der Waals surface area contributed by atoms with Gasteiger partial charge in [0.1, 0.15) is 0 Å². The predicted octanol–water partition coefficient (Wildman–Crippen LogP) is 4.66. The Kier molecular flexibility index (Phi) is 3.93. The number of halogens is 2. The lowest BCUT2D eigenvalue weighted by atomic mass is 9.94. The number of fused-ring (bicyclic) bond motifs is 3. The molecular weight excluding hydrogens is 404 g/mol. The van der Waals surface area contributed by atoms with Crippen LogP contribution in [0, 0.1) is 0 Å². The molecule has 4 nitrogen and oxygen atoms in total. The molecule has 126 valence electrons. The maximum Gasteiger partial charge on any atom is 0.248 e. The van der Waals surface area contributed by atoms with Crippen LogP contribution >= 0.6 is 27.5 Å². The summed E-state index contributed by atoms with van der Waals surface area (Å²) in [5.41, 5.74) is 9.11. The minimum atomic E-state index is -0.521. The molecule has 0 saturated heterocycles. The van der Waals surface area contributed by atoms with E-state index < -0.39 is 5.91 Å². The van der Waals surface area contributed by atoms with Crippen LogP contribution in [-0.4, -0.2) is 16.3 Å². The van der Waals surface area contributed by atoms with Crippen molar-refractivity contribution < 1.29 is 9.59 Å². The van der Waals surface area contributed by atoms with Gasteiger partial charge in [0.05, 0.1) is 16.2 Å². The summed E-state index contributed by atoms with van der Waals surface area (Å²) in [6, 6.07) is 10.9. The Balaban J connectivity index is 2.06. The van der Waals surface area contributed by atoms with E-state index in [0.717, 1.165) is 45.2 Å². The molecule has 2 N–H and O–H groups in total. The van der Waals surface area contributed by atoms with E-state index in [1.54, 1.807) is 18.2 Å². The second-order valence-corrected chi connectivity index (χ2v) is 7.45. The summed E-state index contributed by atoms with van der Waals surface area (Å²) in [7, 11) is 0. The van der Waals surface area contributed by atoms with Crippen molar-refractivity contribution in [1.29, 1.82) is 0 Å². The Morgan fingerprint density at radius 1 is 1.16 bits per heavy atom. The first-order valence-electron chi connectivity index (χ1n) is 7.93. The number of nitrogens with two attached hydrogens (primary N) is 1. The summed E-state index contributed by atoms with van der Waals surface area (Å²) in [5, 5.41) is 1.35. The van der Waals surface area contributed by atoms with Crippen molar-refractivity contribution in [1.82, 2.24) is 4.57 Å². The van der Waals surface area contributed by atoms with Gasteiger partial charge in [0, 0.05) is 33.1 Å². The highest BCUT2D eigenvalue weighted by molar-refractivity contribution is 9.10. The third-order valence-corrected chi connectivity index (χ3v) is 5.39. The van der Waals surface area contributed by atoms with Crippen molar-refractivity contribution in [2.75, 3.05) is 0 Å². The number of carbonyl (C=O) groups is 2. The molecule has 0 aliphatic heterocycles. The summed E-state index contributed by atoms with van der Waals surface area (Å²) < 4.78 is 2.95. The summed E-state index contributed by atoms with van der Waals surface area (Å²) in [6.07, 6.45) is 2.19. The fraction of sp³-hybridized carbons (Fsp3) is 0.158. The van der Waals surface area contributed by atoms with E-state index in [-0.39, 0.29) is 5.78 Å². The van der Waals surface area contributed by atoms with Gasteiger partial charge in [0.15, 0.2) is 5.78 Å². The van der Waals surface area contributed by atoms with Gasteiger partial charge >= 0.3 is 0 Å². The maximum absolute atomic E-state index is 12.6. The lowest BCUT2D eigenvalue weighted by molar-refractivity contribution is 0.0971. The molecule has 3 aromatic rings. The number of carbonyl (C=O) groups excluding carboxylic acids is 2. The number of hydrogen-bond donors (Lipinski definition) is 1. The minimum absolute atomic E-state index is 0.160. The van der Waals surface area contributed by atoms with Gasteiger partial charge in [-0.15, -0.1) is 0 Å². The molecule has 6 heteroatoms. The molecule has 0 unspecified atom stereocenters. The van der Waals surface area contributed by atoms with Crippen molar-refractivity contribution in [3.8, 4) is 5.69 Å². The summed E-state index contributed by atoms with van der Waals surface area (Å²) in [6.45, 7) is 0. The van der Waals surface area contributed by atoms with Crippen molar-refractivity contribution in [2.24, 2.45) is 5.73 Å².